The van der Waals surface area contributed by atoms with Crippen LogP contribution in [-0.4, -0.2) is 109 Å². The molecule has 1 atom stereocenters. The molecule has 1 N–H and O–H groups in total. The van der Waals surface area contributed by atoms with Crippen molar-refractivity contribution in [2.75, 3.05) is 70.2 Å². The SMILES string of the molecule is C=S(C)(=O)N1CCN(CCn2cnc3c(-c4cccc(O)c4)nc(N4CCOCC4)nc32)CC1. The number of rotatable bonds is 6. The smallest absolute Gasteiger partial charge is 0.228 e. The molecule has 3 aromatic rings. The summed E-state index contributed by atoms with van der Waals surface area (Å²) in [4.78, 5) is 18.9. The van der Waals surface area contributed by atoms with E-state index < -0.39 is 9.71 Å². The van der Waals surface area contributed by atoms with Gasteiger partial charge in [0.2, 0.25) is 5.95 Å². The summed E-state index contributed by atoms with van der Waals surface area (Å²) >= 11 is 0. The molecule has 10 nitrogen and oxygen atoms in total. The molecule has 4 heterocycles. The van der Waals surface area contributed by atoms with Crippen LogP contribution in [0.25, 0.3) is 22.4 Å². The number of nitrogens with zero attached hydrogens (tertiary/aromatic N) is 7. The van der Waals surface area contributed by atoms with Crippen LogP contribution in [0.1, 0.15) is 0 Å². The Labute approximate surface area is 199 Å². The maximum Gasteiger partial charge on any atom is 0.228 e. The number of fused-ring (bicyclic) bond motifs is 1. The maximum atomic E-state index is 12.2. The van der Waals surface area contributed by atoms with E-state index in [9.17, 15) is 9.32 Å². The minimum Gasteiger partial charge on any atom is -0.508 e. The Morgan fingerprint density at radius 2 is 1.85 bits per heavy atom. The van der Waals surface area contributed by atoms with Crippen molar-refractivity contribution in [3.63, 3.8) is 0 Å². The lowest BCUT2D eigenvalue weighted by Gasteiger charge is -2.35. The van der Waals surface area contributed by atoms with E-state index in [2.05, 4.69) is 25.2 Å². The Bertz CT molecular complexity index is 1260. The van der Waals surface area contributed by atoms with Gasteiger partial charge in [-0.3, -0.25) is 9.11 Å². The number of hydrogen-bond donors (Lipinski definition) is 1. The number of imidazole rings is 1. The van der Waals surface area contributed by atoms with E-state index >= 15 is 0 Å². The number of hydrogen-bond acceptors (Lipinski definition) is 8. The van der Waals surface area contributed by atoms with Gasteiger partial charge in [-0.2, -0.15) is 4.98 Å². The van der Waals surface area contributed by atoms with Crippen molar-refractivity contribution >= 4 is 32.7 Å². The molecule has 34 heavy (non-hydrogen) atoms. The molecule has 0 aliphatic carbocycles. The first-order chi connectivity index (χ1) is 16.4. The molecule has 0 saturated carbocycles. The lowest BCUT2D eigenvalue weighted by molar-refractivity contribution is 0.122. The van der Waals surface area contributed by atoms with Gasteiger partial charge in [-0.25, -0.2) is 14.3 Å². The van der Waals surface area contributed by atoms with Crippen molar-refractivity contribution in [1.82, 2.24) is 28.7 Å². The number of aromatic nitrogens is 4. The first-order valence-electron chi connectivity index (χ1n) is 11.5. The molecule has 0 radical (unpaired) electrons. The summed E-state index contributed by atoms with van der Waals surface area (Å²) in [6, 6.07) is 7.09. The number of phenolic OH excluding ortho intramolecular Hbond substituents is 1. The fourth-order valence-electron chi connectivity index (χ4n) is 4.44. The first kappa shape index (κ1) is 23.0. The molecular weight excluding hydrogens is 454 g/mol. The highest BCUT2D eigenvalue weighted by molar-refractivity contribution is 7.97. The zero-order valence-electron chi connectivity index (χ0n) is 19.5. The van der Waals surface area contributed by atoms with E-state index in [0.29, 0.717) is 24.9 Å². The van der Waals surface area contributed by atoms with Crippen LogP contribution in [0.2, 0.25) is 0 Å². The van der Waals surface area contributed by atoms with Crippen molar-refractivity contribution in [3.8, 4) is 17.0 Å². The maximum absolute atomic E-state index is 12.2. The van der Waals surface area contributed by atoms with Crippen LogP contribution < -0.4 is 4.90 Å². The molecule has 0 spiro atoms. The summed E-state index contributed by atoms with van der Waals surface area (Å²) in [5, 5.41) is 10.0. The summed E-state index contributed by atoms with van der Waals surface area (Å²) in [6.07, 6.45) is 3.52. The van der Waals surface area contributed by atoms with Crippen molar-refractivity contribution in [2.24, 2.45) is 0 Å². The van der Waals surface area contributed by atoms with E-state index in [0.717, 1.165) is 69.1 Å². The zero-order valence-corrected chi connectivity index (χ0v) is 20.3. The lowest BCUT2D eigenvalue weighted by Crippen LogP contribution is -2.48. The number of piperazine rings is 1. The molecule has 182 valence electrons. The molecule has 1 aromatic carbocycles. The second-order valence-corrected chi connectivity index (χ2v) is 11.3. The molecule has 1 unspecified atom stereocenters. The number of phenols is 1. The quantitative estimate of drug-likeness (QED) is 0.515. The van der Waals surface area contributed by atoms with E-state index in [-0.39, 0.29) is 5.75 Å². The molecular formula is C23H31N7O3S. The predicted octanol–water partition coefficient (Wildman–Crippen LogP) is 0.914. The number of benzene rings is 1. The highest BCUT2D eigenvalue weighted by Gasteiger charge is 2.22. The Morgan fingerprint density at radius 3 is 2.56 bits per heavy atom. The van der Waals surface area contributed by atoms with Crippen molar-refractivity contribution in [2.45, 2.75) is 6.54 Å². The van der Waals surface area contributed by atoms with Crippen LogP contribution in [0.4, 0.5) is 5.95 Å². The van der Waals surface area contributed by atoms with Gasteiger partial charge in [0.05, 0.1) is 19.5 Å². The number of aromatic hydroxyl groups is 1. The normalized spacial score (nSPS) is 20.0. The molecule has 2 saturated heterocycles. The fourth-order valence-corrected chi connectivity index (χ4v) is 5.38. The van der Waals surface area contributed by atoms with Crippen molar-refractivity contribution in [3.05, 3.63) is 30.6 Å². The highest BCUT2D eigenvalue weighted by Crippen LogP contribution is 2.29. The van der Waals surface area contributed by atoms with E-state index in [1.54, 1.807) is 18.4 Å². The van der Waals surface area contributed by atoms with Gasteiger partial charge in [0.25, 0.3) is 0 Å². The van der Waals surface area contributed by atoms with Crippen LogP contribution in [-0.2, 0) is 21.0 Å². The van der Waals surface area contributed by atoms with Crippen LogP contribution >= 0.6 is 0 Å². The van der Waals surface area contributed by atoms with E-state index in [1.165, 1.54) is 0 Å². The summed E-state index contributed by atoms with van der Waals surface area (Å²) in [5.41, 5.74) is 3.01. The van der Waals surface area contributed by atoms with Crippen LogP contribution in [0.15, 0.2) is 30.6 Å². The average Bonchev–Trinajstić information content (AvgIpc) is 3.25. The summed E-state index contributed by atoms with van der Waals surface area (Å²) in [5.74, 6) is 4.65. The molecule has 2 fully saturated rings. The second-order valence-electron chi connectivity index (χ2n) is 8.86. The molecule has 11 heteroatoms. The standard InChI is InChI=1S/C23H31N7O3S/c1-34(2,32)30-10-7-27(8-11-30)6-9-29-17-24-21-20(18-4-3-5-19(31)16-18)25-23(26-22(21)29)28-12-14-33-15-13-28/h3-5,16-17,31H,1,6-15H2,2H3. The van der Waals surface area contributed by atoms with Crippen LogP contribution in [0, 0.1) is 0 Å². The van der Waals surface area contributed by atoms with E-state index in [1.807, 2.05) is 22.8 Å². The summed E-state index contributed by atoms with van der Waals surface area (Å²) in [6.45, 7) is 7.57. The Balaban J connectivity index is 1.42. The summed E-state index contributed by atoms with van der Waals surface area (Å²) in [7, 11) is -2.14. The molecule has 2 aliphatic heterocycles. The predicted molar refractivity (Wildman–Crippen MR) is 135 cm³/mol. The van der Waals surface area contributed by atoms with Crippen molar-refractivity contribution < 1.29 is 14.1 Å². The monoisotopic (exact) mass is 485 g/mol. The molecule has 2 aliphatic rings. The van der Waals surface area contributed by atoms with Crippen LogP contribution in [0.3, 0.4) is 0 Å². The van der Waals surface area contributed by atoms with Gasteiger partial charge in [-0.15, -0.1) is 0 Å². The Morgan fingerprint density at radius 1 is 1.09 bits per heavy atom. The van der Waals surface area contributed by atoms with Gasteiger partial charge in [-0.1, -0.05) is 12.1 Å². The average molecular weight is 486 g/mol. The molecule has 0 bridgehead atoms. The minimum absolute atomic E-state index is 0.189. The van der Waals surface area contributed by atoms with Gasteiger partial charge >= 0.3 is 0 Å². The third kappa shape index (κ3) is 4.88. The largest absolute Gasteiger partial charge is 0.508 e. The van der Waals surface area contributed by atoms with Crippen LogP contribution in [0.5, 0.6) is 5.75 Å². The van der Waals surface area contributed by atoms with Gasteiger partial charge in [0, 0.05) is 73.9 Å². The molecule has 0 amide bonds. The first-order valence-corrected chi connectivity index (χ1v) is 13.6. The number of ether oxygens (including phenoxy) is 1. The van der Waals surface area contributed by atoms with Gasteiger partial charge < -0.3 is 19.3 Å². The third-order valence-corrected chi connectivity index (χ3v) is 7.86. The summed E-state index contributed by atoms with van der Waals surface area (Å²) < 4.78 is 21.8. The third-order valence-electron chi connectivity index (χ3n) is 6.40. The van der Waals surface area contributed by atoms with Gasteiger partial charge in [0.15, 0.2) is 5.65 Å². The molecule has 2 aromatic heterocycles. The van der Waals surface area contributed by atoms with Crippen molar-refractivity contribution in [1.29, 1.82) is 0 Å². The zero-order chi connectivity index (χ0) is 23.7. The fraction of sp³-hybridized carbons (Fsp3) is 0.478. The Hall–Kier alpha value is -2.73. The molecule has 5 rings (SSSR count). The number of anilines is 1. The lowest BCUT2D eigenvalue weighted by atomic mass is 10.1. The van der Waals surface area contributed by atoms with Gasteiger partial charge in [0.1, 0.15) is 17.0 Å². The second kappa shape index (κ2) is 9.49. The highest BCUT2D eigenvalue weighted by atomic mass is 32.2. The topological polar surface area (TPSA) is 99.9 Å². The van der Waals surface area contributed by atoms with Gasteiger partial charge in [-0.05, 0) is 18.0 Å². The Kier molecular flexibility index (Phi) is 6.43. The minimum atomic E-state index is -2.14. The number of morpholine rings is 1. The van der Waals surface area contributed by atoms with E-state index in [4.69, 9.17) is 14.7 Å².